The Balaban J connectivity index is 2.26. The van der Waals surface area contributed by atoms with Crippen molar-refractivity contribution in [3.05, 3.63) is 29.3 Å². The van der Waals surface area contributed by atoms with Crippen LogP contribution in [-0.2, 0) is 6.18 Å². The van der Waals surface area contributed by atoms with Gasteiger partial charge >= 0.3 is 6.18 Å². The molecule has 102 valence electrons. The van der Waals surface area contributed by atoms with Gasteiger partial charge in [0, 0.05) is 0 Å². The van der Waals surface area contributed by atoms with Gasteiger partial charge in [-0.1, -0.05) is 0 Å². The lowest BCUT2D eigenvalue weighted by Crippen LogP contribution is -2.34. The number of halogens is 3. The van der Waals surface area contributed by atoms with E-state index >= 15 is 0 Å². The number of alkyl halides is 3. The van der Waals surface area contributed by atoms with E-state index in [1.807, 2.05) is 0 Å². The predicted octanol–water partition coefficient (Wildman–Crippen LogP) is 2.71. The van der Waals surface area contributed by atoms with E-state index in [0.29, 0.717) is 12.8 Å². The van der Waals surface area contributed by atoms with Gasteiger partial charge in [0.25, 0.3) is 0 Å². The SMILES string of the molecule is N#Cc1ccc(OC2CCNCC2)c(C(F)(F)F)c1. The molecule has 1 aromatic carbocycles. The summed E-state index contributed by atoms with van der Waals surface area (Å²) in [5.41, 5.74) is -0.907. The minimum Gasteiger partial charge on any atom is -0.490 e. The Bertz CT molecular complexity index is 488. The third kappa shape index (κ3) is 3.38. The molecule has 0 radical (unpaired) electrons. The van der Waals surface area contributed by atoms with Gasteiger partial charge in [-0.2, -0.15) is 18.4 Å². The van der Waals surface area contributed by atoms with Crippen molar-refractivity contribution in [1.29, 1.82) is 5.26 Å². The highest BCUT2D eigenvalue weighted by Crippen LogP contribution is 2.37. The van der Waals surface area contributed by atoms with Crippen LogP contribution in [0.4, 0.5) is 13.2 Å². The lowest BCUT2D eigenvalue weighted by molar-refractivity contribution is -0.139. The molecule has 1 heterocycles. The lowest BCUT2D eigenvalue weighted by atomic mass is 10.1. The summed E-state index contributed by atoms with van der Waals surface area (Å²) in [6.07, 6.45) is -3.38. The summed E-state index contributed by atoms with van der Waals surface area (Å²) >= 11 is 0. The summed E-state index contributed by atoms with van der Waals surface area (Å²) in [4.78, 5) is 0. The van der Waals surface area contributed by atoms with E-state index in [4.69, 9.17) is 10.00 Å². The number of hydrogen-bond donors (Lipinski definition) is 1. The van der Waals surface area contributed by atoms with Crippen molar-refractivity contribution >= 4 is 0 Å². The molecule has 0 aromatic heterocycles. The van der Waals surface area contributed by atoms with E-state index in [-0.39, 0.29) is 17.4 Å². The summed E-state index contributed by atoms with van der Waals surface area (Å²) in [6, 6.07) is 5.10. The van der Waals surface area contributed by atoms with Crippen molar-refractivity contribution in [3.8, 4) is 11.8 Å². The van der Waals surface area contributed by atoms with E-state index in [2.05, 4.69) is 5.32 Å². The quantitative estimate of drug-likeness (QED) is 0.898. The molecule has 1 saturated heterocycles. The highest BCUT2D eigenvalue weighted by atomic mass is 19.4. The van der Waals surface area contributed by atoms with Crippen molar-refractivity contribution in [2.45, 2.75) is 25.1 Å². The van der Waals surface area contributed by atoms with Gasteiger partial charge in [0.05, 0.1) is 17.2 Å². The second-order valence-corrected chi connectivity index (χ2v) is 4.39. The Hall–Kier alpha value is -1.74. The van der Waals surface area contributed by atoms with E-state index in [0.717, 1.165) is 19.2 Å². The minimum atomic E-state index is -4.52. The van der Waals surface area contributed by atoms with Gasteiger partial charge in [0.15, 0.2) is 0 Å². The van der Waals surface area contributed by atoms with E-state index in [1.54, 1.807) is 6.07 Å². The molecule has 1 aliphatic rings. The number of benzene rings is 1. The summed E-state index contributed by atoms with van der Waals surface area (Å²) in [6.45, 7) is 1.48. The Morgan fingerprint density at radius 3 is 2.53 bits per heavy atom. The smallest absolute Gasteiger partial charge is 0.420 e. The molecule has 0 bridgehead atoms. The summed E-state index contributed by atoms with van der Waals surface area (Å²) in [5.74, 6) is -0.196. The number of rotatable bonds is 2. The molecule has 0 atom stereocenters. The Morgan fingerprint density at radius 2 is 1.95 bits per heavy atom. The number of hydrogen-bond acceptors (Lipinski definition) is 3. The molecule has 0 unspecified atom stereocenters. The molecule has 2 rings (SSSR count). The maximum absolute atomic E-state index is 12.9. The maximum atomic E-state index is 12.9. The topological polar surface area (TPSA) is 45.0 Å². The molecule has 0 amide bonds. The zero-order chi connectivity index (χ0) is 13.9. The van der Waals surface area contributed by atoms with Crippen LogP contribution in [0, 0.1) is 11.3 Å². The standard InChI is InChI=1S/C13H13F3N2O/c14-13(15,16)11-7-9(8-17)1-2-12(11)19-10-3-5-18-6-4-10/h1-2,7,10,18H,3-6H2. The molecule has 1 fully saturated rings. The fourth-order valence-electron chi connectivity index (χ4n) is 2.02. The lowest BCUT2D eigenvalue weighted by Gasteiger charge is -2.25. The van der Waals surface area contributed by atoms with Crippen molar-refractivity contribution in [3.63, 3.8) is 0 Å². The molecule has 0 saturated carbocycles. The Labute approximate surface area is 109 Å². The maximum Gasteiger partial charge on any atom is 0.420 e. The average Bonchev–Trinajstić information content (AvgIpc) is 2.39. The monoisotopic (exact) mass is 270 g/mol. The predicted molar refractivity (Wildman–Crippen MR) is 62.7 cm³/mol. The number of nitrogens with zero attached hydrogens (tertiary/aromatic N) is 1. The third-order valence-electron chi connectivity index (χ3n) is 2.99. The van der Waals surface area contributed by atoms with Crippen LogP contribution in [0.3, 0.4) is 0 Å². The summed E-state index contributed by atoms with van der Waals surface area (Å²) in [7, 11) is 0. The molecular weight excluding hydrogens is 257 g/mol. The molecule has 1 aliphatic heterocycles. The molecule has 6 heteroatoms. The van der Waals surface area contributed by atoms with E-state index in [9.17, 15) is 13.2 Å². The van der Waals surface area contributed by atoms with Gasteiger partial charge in [0.2, 0.25) is 0 Å². The number of nitriles is 1. The number of ether oxygens (including phenoxy) is 1. The Morgan fingerprint density at radius 1 is 1.26 bits per heavy atom. The zero-order valence-electron chi connectivity index (χ0n) is 10.1. The zero-order valence-corrected chi connectivity index (χ0v) is 10.1. The van der Waals surface area contributed by atoms with Crippen LogP contribution in [0.5, 0.6) is 5.75 Å². The highest BCUT2D eigenvalue weighted by molar-refractivity contribution is 5.43. The first-order valence-electron chi connectivity index (χ1n) is 5.99. The van der Waals surface area contributed by atoms with Crippen LogP contribution < -0.4 is 10.1 Å². The van der Waals surface area contributed by atoms with Crippen LogP contribution in [-0.4, -0.2) is 19.2 Å². The van der Waals surface area contributed by atoms with Gasteiger partial charge in [-0.05, 0) is 44.1 Å². The first-order valence-corrected chi connectivity index (χ1v) is 5.99. The average molecular weight is 270 g/mol. The number of piperidine rings is 1. The van der Waals surface area contributed by atoms with Crippen molar-refractivity contribution < 1.29 is 17.9 Å². The summed E-state index contributed by atoms with van der Waals surface area (Å²) in [5, 5.41) is 11.8. The van der Waals surface area contributed by atoms with Gasteiger partial charge < -0.3 is 10.1 Å². The molecule has 3 nitrogen and oxygen atoms in total. The first-order chi connectivity index (χ1) is 9.00. The minimum absolute atomic E-state index is 0.0232. The molecule has 1 aromatic rings. The highest BCUT2D eigenvalue weighted by Gasteiger charge is 2.35. The van der Waals surface area contributed by atoms with E-state index in [1.165, 1.54) is 12.1 Å². The molecule has 0 aliphatic carbocycles. The van der Waals surface area contributed by atoms with E-state index < -0.39 is 11.7 Å². The fourth-order valence-corrected chi connectivity index (χ4v) is 2.02. The summed E-state index contributed by atoms with van der Waals surface area (Å²) < 4.78 is 44.2. The molecule has 0 spiro atoms. The van der Waals surface area contributed by atoms with Crippen LogP contribution >= 0.6 is 0 Å². The molecular formula is C13H13F3N2O. The Kier molecular flexibility index (Phi) is 3.96. The molecule has 19 heavy (non-hydrogen) atoms. The van der Waals surface area contributed by atoms with Gasteiger partial charge in [-0.15, -0.1) is 0 Å². The van der Waals surface area contributed by atoms with Gasteiger partial charge in [-0.25, -0.2) is 0 Å². The first kappa shape index (κ1) is 13.7. The second kappa shape index (κ2) is 5.49. The van der Waals surface area contributed by atoms with Crippen LogP contribution in [0.1, 0.15) is 24.0 Å². The van der Waals surface area contributed by atoms with Crippen LogP contribution in [0.15, 0.2) is 18.2 Å². The largest absolute Gasteiger partial charge is 0.490 e. The second-order valence-electron chi connectivity index (χ2n) is 4.39. The molecule has 1 N–H and O–H groups in total. The normalized spacial score (nSPS) is 16.9. The van der Waals surface area contributed by atoms with Crippen molar-refractivity contribution in [2.24, 2.45) is 0 Å². The van der Waals surface area contributed by atoms with Gasteiger partial charge in [-0.3, -0.25) is 0 Å². The fraction of sp³-hybridized carbons (Fsp3) is 0.462. The van der Waals surface area contributed by atoms with Crippen LogP contribution in [0.25, 0.3) is 0 Å². The number of nitrogens with one attached hydrogen (secondary N) is 1. The third-order valence-corrected chi connectivity index (χ3v) is 2.99. The van der Waals surface area contributed by atoms with Crippen LogP contribution in [0.2, 0.25) is 0 Å². The van der Waals surface area contributed by atoms with Crippen molar-refractivity contribution in [1.82, 2.24) is 5.32 Å². The van der Waals surface area contributed by atoms with Crippen molar-refractivity contribution in [2.75, 3.05) is 13.1 Å². The van der Waals surface area contributed by atoms with Gasteiger partial charge in [0.1, 0.15) is 11.9 Å².